The van der Waals surface area contributed by atoms with Crippen molar-refractivity contribution in [1.29, 1.82) is 0 Å². The van der Waals surface area contributed by atoms with Crippen LogP contribution in [0.15, 0.2) is 65.6 Å². The van der Waals surface area contributed by atoms with Crippen molar-refractivity contribution in [3.05, 3.63) is 86.6 Å². The van der Waals surface area contributed by atoms with Crippen LogP contribution in [-0.4, -0.2) is 35.9 Å². The number of amides is 1. The van der Waals surface area contributed by atoms with Crippen molar-refractivity contribution < 1.29 is 24.2 Å². The first-order valence-corrected chi connectivity index (χ1v) is 11.0. The molecule has 1 N–H and O–H groups in total. The van der Waals surface area contributed by atoms with Crippen LogP contribution in [0.3, 0.4) is 0 Å². The summed E-state index contributed by atoms with van der Waals surface area (Å²) in [4.78, 5) is 28.7. The molecule has 0 bridgehead atoms. The lowest BCUT2D eigenvalue weighted by Gasteiger charge is -2.26. The molecule has 1 unspecified atom stereocenters. The first-order valence-electron chi connectivity index (χ1n) is 9.74. The van der Waals surface area contributed by atoms with Crippen LogP contribution in [0.5, 0.6) is 11.5 Å². The molecule has 1 aliphatic rings. The summed E-state index contributed by atoms with van der Waals surface area (Å²) in [6.45, 7) is 0.216. The number of likely N-dealkylation sites (tertiary alicyclic amines) is 1. The number of carbonyl (C=O) groups excluding carboxylic acids is 2. The first-order chi connectivity index (χ1) is 15.5. The van der Waals surface area contributed by atoms with Gasteiger partial charge in [0.2, 0.25) is 0 Å². The Kier molecular flexibility index (Phi) is 6.21. The van der Waals surface area contributed by atoms with Crippen LogP contribution in [0.1, 0.15) is 22.0 Å². The molecule has 0 aliphatic carbocycles. The van der Waals surface area contributed by atoms with Gasteiger partial charge in [-0.1, -0.05) is 35.9 Å². The van der Waals surface area contributed by atoms with Gasteiger partial charge in [0.25, 0.3) is 11.7 Å². The molecule has 1 atom stereocenters. The number of hydrogen-bond donors (Lipinski definition) is 1. The molecule has 2 aromatic carbocycles. The van der Waals surface area contributed by atoms with Crippen LogP contribution in [0.4, 0.5) is 0 Å². The van der Waals surface area contributed by atoms with Crippen LogP contribution in [-0.2, 0) is 16.1 Å². The number of thiophene rings is 1. The number of rotatable bonds is 6. The zero-order chi connectivity index (χ0) is 22.8. The molecule has 4 rings (SSSR count). The summed E-state index contributed by atoms with van der Waals surface area (Å²) in [6, 6.07) is 14.8. The molecule has 1 amide bonds. The van der Waals surface area contributed by atoms with Gasteiger partial charge in [-0.2, -0.15) is 0 Å². The van der Waals surface area contributed by atoms with E-state index in [0.717, 1.165) is 4.88 Å². The predicted octanol–water partition coefficient (Wildman–Crippen LogP) is 5.04. The van der Waals surface area contributed by atoms with Crippen molar-refractivity contribution in [3.8, 4) is 11.5 Å². The average molecular weight is 470 g/mol. The van der Waals surface area contributed by atoms with Gasteiger partial charge >= 0.3 is 0 Å². The number of benzene rings is 2. The molecule has 8 heteroatoms. The monoisotopic (exact) mass is 469 g/mol. The smallest absolute Gasteiger partial charge is 0.295 e. The Hall–Kier alpha value is -3.29. The minimum absolute atomic E-state index is 0.0498. The summed E-state index contributed by atoms with van der Waals surface area (Å²) in [6.07, 6.45) is 0. The number of Topliss-reactive ketones (excluding diaryl/α,β-unsaturated/α-hetero) is 1. The summed E-state index contributed by atoms with van der Waals surface area (Å²) in [7, 11) is 3.01. The fourth-order valence-electron chi connectivity index (χ4n) is 3.79. The number of methoxy groups -OCH3 is 2. The van der Waals surface area contributed by atoms with E-state index in [1.165, 1.54) is 36.5 Å². The molecule has 1 aromatic heterocycles. The second-order valence-corrected chi connectivity index (χ2v) is 8.53. The highest BCUT2D eigenvalue weighted by atomic mass is 35.5. The standard InChI is InChI=1S/C24H20ClNO5S/c1-30-14-9-10-18(25)17(12-14)22(27)20-21(16-7-3-4-8-19(16)31-2)26(24(29)23(20)28)13-15-6-5-11-32-15/h3-12,21,27H,13H2,1-2H3/b22-20+. The summed E-state index contributed by atoms with van der Waals surface area (Å²) in [5.74, 6) is -0.892. The zero-order valence-corrected chi connectivity index (χ0v) is 18.9. The first kappa shape index (κ1) is 21.9. The van der Waals surface area contributed by atoms with E-state index >= 15 is 0 Å². The van der Waals surface area contributed by atoms with Crippen LogP contribution < -0.4 is 9.47 Å². The lowest BCUT2D eigenvalue weighted by Crippen LogP contribution is -2.29. The molecule has 32 heavy (non-hydrogen) atoms. The zero-order valence-electron chi connectivity index (χ0n) is 17.4. The molecular weight excluding hydrogens is 450 g/mol. The van der Waals surface area contributed by atoms with E-state index in [4.69, 9.17) is 21.1 Å². The Bertz CT molecular complexity index is 1200. The lowest BCUT2D eigenvalue weighted by atomic mass is 9.94. The number of ether oxygens (including phenoxy) is 2. The van der Waals surface area contributed by atoms with Gasteiger partial charge < -0.3 is 19.5 Å². The summed E-state index contributed by atoms with van der Waals surface area (Å²) in [5.41, 5.74) is 0.748. The van der Waals surface area contributed by atoms with E-state index in [9.17, 15) is 14.7 Å². The van der Waals surface area contributed by atoms with Crippen LogP contribution in [0.25, 0.3) is 5.76 Å². The van der Waals surface area contributed by atoms with Crippen molar-refractivity contribution >= 4 is 40.4 Å². The van der Waals surface area contributed by atoms with E-state index in [1.807, 2.05) is 17.5 Å². The largest absolute Gasteiger partial charge is 0.507 e. The molecule has 164 valence electrons. The summed E-state index contributed by atoms with van der Waals surface area (Å²) < 4.78 is 10.7. The number of aliphatic hydroxyl groups excluding tert-OH is 1. The van der Waals surface area contributed by atoms with Crippen LogP contribution in [0, 0.1) is 0 Å². The van der Waals surface area contributed by atoms with Crippen LogP contribution in [0.2, 0.25) is 5.02 Å². The Morgan fingerprint density at radius 3 is 2.56 bits per heavy atom. The van der Waals surface area contributed by atoms with E-state index < -0.39 is 17.7 Å². The number of para-hydroxylation sites is 1. The second kappa shape index (κ2) is 9.06. The van der Waals surface area contributed by atoms with Gasteiger partial charge in [0.1, 0.15) is 17.3 Å². The minimum Gasteiger partial charge on any atom is -0.507 e. The van der Waals surface area contributed by atoms with Gasteiger partial charge in [-0.3, -0.25) is 9.59 Å². The maximum Gasteiger partial charge on any atom is 0.295 e. The molecule has 6 nitrogen and oxygen atoms in total. The minimum atomic E-state index is -0.851. The molecule has 2 heterocycles. The van der Waals surface area contributed by atoms with E-state index in [1.54, 1.807) is 36.4 Å². The number of ketones is 1. The highest BCUT2D eigenvalue weighted by Crippen LogP contribution is 2.44. The Morgan fingerprint density at radius 1 is 1.09 bits per heavy atom. The van der Waals surface area contributed by atoms with Crippen molar-refractivity contribution in [2.45, 2.75) is 12.6 Å². The molecule has 0 radical (unpaired) electrons. The molecule has 1 saturated heterocycles. The van der Waals surface area contributed by atoms with E-state index in [-0.39, 0.29) is 28.5 Å². The number of hydrogen-bond acceptors (Lipinski definition) is 6. The number of nitrogens with zero attached hydrogens (tertiary/aromatic N) is 1. The molecule has 0 saturated carbocycles. The van der Waals surface area contributed by atoms with Gasteiger partial charge in [0, 0.05) is 16.0 Å². The summed E-state index contributed by atoms with van der Waals surface area (Å²) in [5, 5.41) is 13.4. The number of aliphatic hydroxyl groups is 1. The SMILES string of the molecule is COc1ccc(Cl)c(/C(O)=C2\C(=O)C(=O)N(Cc3cccs3)C2c2ccccc2OC)c1. The molecular formula is C24H20ClNO5S. The Labute approximate surface area is 194 Å². The molecule has 0 spiro atoms. The number of halogens is 1. The van der Waals surface area contributed by atoms with Gasteiger partial charge in [0.05, 0.1) is 37.4 Å². The van der Waals surface area contributed by atoms with Crippen molar-refractivity contribution in [3.63, 3.8) is 0 Å². The van der Waals surface area contributed by atoms with E-state index in [2.05, 4.69) is 0 Å². The highest BCUT2D eigenvalue weighted by Gasteiger charge is 2.47. The highest BCUT2D eigenvalue weighted by molar-refractivity contribution is 7.09. The van der Waals surface area contributed by atoms with Crippen molar-refractivity contribution in [1.82, 2.24) is 4.90 Å². The van der Waals surface area contributed by atoms with Crippen molar-refractivity contribution in [2.24, 2.45) is 0 Å². The molecule has 1 aliphatic heterocycles. The van der Waals surface area contributed by atoms with Crippen molar-refractivity contribution in [2.75, 3.05) is 14.2 Å². The maximum absolute atomic E-state index is 13.2. The van der Waals surface area contributed by atoms with E-state index in [0.29, 0.717) is 17.1 Å². The third kappa shape index (κ3) is 3.85. The molecule has 1 fully saturated rings. The Morgan fingerprint density at radius 2 is 1.88 bits per heavy atom. The predicted molar refractivity (Wildman–Crippen MR) is 123 cm³/mol. The topological polar surface area (TPSA) is 76.1 Å². The van der Waals surface area contributed by atoms with Gasteiger partial charge in [0.15, 0.2) is 0 Å². The quantitative estimate of drug-likeness (QED) is 0.311. The second-order valence-electron chi connectivity index (χ2n) is 7.09. The fourth-order valence-corrected chi connectivity index (χ4v) is 4.70. The fraction of sp³-hybridized carbons (Fsp3) is 0.167. The lowest BCUT2D eigenvalue weighted by molar-refractivity contribution is -0.140. The number of carbonyl (C=O) groups is 2. The summed E-state index contributed by atoms with van der Waals surface area (Å²) >= 11 is 7.81. The third-order valence-corrected chi connectivity index (χ3v) is 6.50. The maximum atomic E-state index is 13.2. The van der Waals surface area contributed by atoms with Gasteiger partial charge in [-0.25, -0.2) is 0 Å². The molecule has 3 aromatic rings. The average Bonchev–Trinajstić information content (AvgIpc) is 3.41. The third-order valence-electron chi connectivity index (χ3n) is 5.31. The Balaban J connectivity index is 1.94. The van der Waals surface area contributed by atoms with Gasteiger partial charge in [-0.15, -0.1) is 11.3 Å². The normalized spacial score (nSPS) is 17.6. The van der Waals surface area contributed by atoms with Gasteiger partial charge in [-0.05, 0) is 35.7 Å². The van der Waals surface area contributed by atoms with Crippen LogP contribution >= 0.6 is 22.9 Å².